The second kappa shape index (κ2) is 5.70. The molecule has 0 saturated carbocycles. The Hall–Kier alpha value is -1.09. The first-order valence-electron chi connectivity index (χ1n) is 5.32. The van der Waals surface area contributed by atoms with Gasteiger partial charge in [0.2, 0.25) is 0 Å². The third-order valence-corrected chi connectivity index (χ3v) is 3.98. The van der Waals surface area contributed by atoms with E-state index in [2.05, 4.69) is 9.97 Å². The number of rotatable bonds is 6. The summed E-state index contributed by atoms with van der Waals surface area (Å²) in [4.78, 5) is 5.82. The SMILES string of the molecule is CCCCN(CC(F)(F)F)S(=O)(=O)c1cnc[nH]1. The minimum Gasteiger partial charge on any atom is -0.335 e. The zero-order valence-electron chi connectivity index (χ0n) is 9.74. The Kier molecular flexibility index (Phi) is 4.74. The third-order valence-electron chi connectivity index (χ3n) is 2.21. The number of alkyl halides is 3. The summed E-state index contributed by atoms with van der Waals surface area (Å²) in [5.41, 5.74) is 0. The molecule has 0 unspecified atom stereocenters. The molecular formula is C9H14F3N3O2S. The predicted octanol–water partition coefficient (Wildman–Crippen LogP) is 1.76. The molecule has 1 N–H and O–H groups in total. The summed E-state index contributed by atoms with van der Waals surface area (Å²) >= 11 is 0. The quantitative estimate of drug-likeness (QED) is 0.866. The number of hydrogen-bond donors (Lipinski definition) is 1. The maximum atomic E-state index is 12.4. The summed E-state index contributed by atoms with van der Waals surface area (Å²) in [6.07, 6.45) is -1.50. The van der Waals surface area contributed by atoms with Crippen LogP contribution in [0.3, 0.4) is 0 Å². The molecule has 0 saturated heterocycles. The summed E-state index contributed by atoms with van der Waals surface area (Å²) in [7, 11) is -4.17. The summed E-state index contributed by atoms with van der Waals surface area (Å²) < 4.78 is 61.4. The molecule has 18 heavy (non-hydrogen) atoms. The molecule has 0 aliphatic heterocycles. The number of nitrogens with zero attached hydrogens (tertiary/aromatic N) is 2. The molecule has 0 fully saturated rings. The summed E-state index contributed by atoms with van der Waals surface area (Å²) in [6, 6.07) is 0. The van der Waals surface area contributed by atoms with Gasteiger partial charge < -0.3 is 4.98 Å². The molecule has 0 aliphatic rings. The van der Waals surface area contributed by atoms with Crippen molar-refractivity contribution >= 4 is 10.0 Å². The highest BCUT2D eigenvalue weighted by molar-refractivity contribution is 7.89. The summed E-state index contributed by atoms with van der Waals surface area (Å²) in [5, 5.41) is -0.331. The minimum absolute atomic E-state index is 0.169. The van der Waals surface area contributed by atoms with Crippen LogP contribution in [0.25, 0.3) is 0 Å². The molecule has 1 aromatic rings. The number of H-pyrrole nitrogens is 1. The van der Waals surface area contributed by atoms with Gasteiger partial charge in [-0.1, -0.05) is 13.3 Å². The van der Waals surface area contributed by atoms with Gasteiger partial charge in [0.25, 0.3) is 10.0 Å². The Morgan fingerprint density at radius 2 is 2.11 bits per heavy atom. The van der Waals surface area contributed by atoms with Gasteiger partial charge in [-0.15, -0.1) is 0 Å². The maximum absolute atomic E-state index is 12.4. The van der Waals surface area contributed by atoms with Crippen molar-refractivity contribution in [2.75, 3.05) is 13.1 Å². The van der Waals surface area contributed by atoms with E-state index >= 15 is 0 Å². The van der Waals surface area contributed by atoms with Crippen LogP contribution < -0.4 is 0 Å². The molecule has 0 atom stereocenters. The van der Waals surface area contributed by atoms with E-state index in [9.17, 15) is 21.6 Å². The van der Waals surface area contributed by atoms with Crippen molar-refractivity contribution in [2.24, 2.45) is 0 Å². The highest BCUT2D eigenvalue weighted by Gasteiger charge is 2.37. The molecule has 5 nitrogen and oxygen atoms in total. The van der Waals surface area contributed by atoms with Crippen LogP contribution in [0.15, 0.2) is 17.6 Å². The van der Waals surface area contributed by atoms with E-state index < -0.39 is 22.7 Å². The van der Waals surface area contributed by atoms with Crippen LogP contribution in [0, 0.1) is 0 Å². The molecule has 0 amide bonds. The zero-order valence-corrected chi connectivity index (χ0v) is 10.6. The van der Waals surface area contributed by atoms with E-state index in [1.807, 2.05) is 0 Å². The minimum atomic E-state index is -4.57. The fourth-order valence-electron chi connectivity index (χ4n) is 1.34. The number of hydrogen-bond acceptors (Lipinski definition) is 3. The van der Waals surface area contributed by atoms with Crippen LogP contribution in [0.4, 0.5) is 13.2 Å². The van der Waals surface area contributed by atoms with Crippen molar-refractivity contribution in [3.63, 3.8) is 0 Å². The van der Waals surface area contributed by atoms with Crippen LogP contribution in [0.1, 0.15) is 19.8 Å². The molecule has 0 radical (unpaired) electrons. The number of aromatic nitrogens is 2. The van der Waals surface area contributed by atoms with Gasteiger partial charge in [0.1, 0.15) is 6.54 Å². The van der Waals surface area contributed by atoms with Crippen molar-refractivity contribution in [2.45, 2.75) is 31.0 Å². The van der Waals surface area contributed by atoms with Crippen molar-refractivity contribution < 1.29 is 21.6 Å². The highest BCUT2D eigenvalue weighted by Crippen LogP contribution is 2.21. The van der Waals surface area contributed by atoms with E-state index in [0.717, 1.165) is 12.5 Å². The lowest BCUT2D eigenvalue weighted by Crippen LogP contribution is -2.39. The average molecular weight is 285 g/mol. The average Bonchev–Trinajstić information content (AvgIpc) is 2.76. The van der Waals surface area contributed by atoms with E-state index in [4.69, 9.17) is 0 Å². The molecule has 0 spiro atoms. The maximum Gasteiger partial charge on any atom is 0.402 e. The van der Waals surface area contributed by atoms with Gasteiger partial charge in [0, 0.05) is 6.54 Å². The number of sulfonamides is 1. The number of unbranched alkanes of at least 4 members (excludes halogenated alkanes) is 1. The van der Waals surface area contributed by atoms with Gasteiger partial charge in [-0.3, -0.25) is 0 Å². The molecule has 0 bridgehead atoms. The van der Waals surface area contributed by atoms with Crippen molar-refractivity contribution in [3.8, 4) is 0 Å². The van der Waals surface area contributed by atoms with Gasteiger partial charge in [-0.25, -0.2) is 13.4 Å². The first-order valence-corrected chi connectivity index (χ1v) is 6.76. The molecule has 1 rings (SSSR count). The van der Waals surface area contributed by atoms with Crippen molar-refractivity contribution in [1.82, 2.24) is 14.3 Å². The topological polar surface area (TPSA) is 66.1 Å². The molecule has 1 aromatic heterocycles. The monoisotopic (exact) mass is 285 g/mol. The fraction of sp³-hybridized carbons (Fsp3) is 0.667. The summed E-state index contributed by atoms with van der Waals surface area (Å²) in [5.74, 6) is 0. The van der Waals surface area contributed by atoms with Crippen LogP contribution in [0.5, 0.6) is 0 Å². The fourth-order valence-corrected chi connectivity index (χ4v) is 2.70. The predicted molar refractivity (Wildman–Crippen MR) is 58.3 cm³/mol. The van der Waals surface area contributed by atoms with E-state index in [-0.39, 0.29) is 11.6 Å². The van der Waals surface area contributed by atoms with Gasteiger partial charge >= 0.3 is 6.18 Å². The highest BCUT2D eigenvalue weighted by atomic mass is 32.2. The third kappa shape index (κ3) is 3.98. The largest absolute Gasteiger partial charge is 0.402 e. The lowest BCUT2D eigenvalue weighted by molar-refractivity contribution is -0.136. The smallest absolute Gasteiger partial charge is 0.335 e. The van der Waals surface area contributed by atoms with Gasteiger partial charge in [0.15, 0.2) is 5.03 Å². The van der Waals surface area contributed by atoms with E-state index in [0.29, 0.717) is 17.1 Å². The second-order valence-electron chi connectivity index (χ2n) is 3.72. The van der Waals surface area contributed by atoms with Gasteiger partial charge in [-0.2, -0.15) is 17.5 Å². The number of nitrogens with one attached hydrogen (secondary N) is 1. The number of halogens is 3. The Morgan fingerprint density at radius 1 is 1.44 bits per heavy atom. The number of aromatic amines is 1. The molecular weight excluding hydrogens is 271 g/mol. The Labute approximate surface area is 103 Å². The standard InChI is InChI=1S/C9H14F3N3O2S/c1-2-3-4-15(6-9(10,11)12)18(16,17)8-5-13-7-14-8/h5,7H,2-4,6H2,1H3,(H,13,14). The van der Waals surface area contributed by atoms with Crippen molar-refractivity contribution in [3.05, 3.63) is 12.5 Å². The Balaban J connectivity index is 2.95. The molecule has 104 valence electrons. The Bertz CT molecular complexity index is 456. The van der Waals surface area contributed by atoms with Crippen LogP contribution in [0.2, 0.25) is 0 Å². The second-order valence-corrected chi connectivity index (χ2v) is 5.63. The lowest BCUT2D eigenvalue weighted by atomic mass is 10.3. The lowest BCUT2D eigenvalue weighted by Gasteiger charge is -2.22. The Morgan fingerprint density at radius 3 is 2.56 bits per heavy atom. The van der Waals surface area contributed by atoms with E-state index in [1.54, 1.807) is 6.92 Å². The molecule has 9 heteroatoms. The molecule has 1 heterocycles. The number of imidazole rings is 1. The summed E-state index contributed by atoms with van der Waals surface area (Å²) in [6.45, 7) is 0.111. The van der Waals surface area contributed by atoms with Gasteiger partial charge in [-0.05, 0) is 6.42 Å². The molecule has 0 aromatic carbocycles. The van der Waals surface area contributed by atoms with Crippen LogP contribution in [-0.4, -0.2) is 42.0 Å². The van der Waals surface area contributed by atoms with Crippen molar-refractivity contribution in [1.29, 1.82) is 0 Å². The van der Waals surface area contributed by atoms with Crippen LogP contribution in [-0.2, 0) is 10.0 Å². The normalized spacial score (nSPS) is 13.2. The molecule has 0 aliphatic carbocycles. The van der Waals surface area contributed by atoms with Crippen LogP contribution >= 0.6 is 0 Å². The van der Waals surface area contributed by atoms with E-state index in [1.165, 1.54) is 0 Å². The first kappa shape index (κ1) is 15.0. The van der Waals surface area contributed by atoms with Gasteiger partial charge in [0.05, 0.1) is 12.5 Å². The first-order chi connectivity index (χ1) is 8.27. The zero-order chi connectivity index (χ0) is 13.8.